The van der Waals surface area contributed by atoms with Crippen LogP contribution in [0.25, 0.3) is 0 Å². The number of ether oxygens (including phenoxy) is 1. The van der Waals surface area contributed by atoms with Gasteiger partial charge in [-0.25, -0.2) is 12.8 Å². The van der Waals surface area contributed by atoms with Crippen LogP contribution in [0.3, 0.4) is 0 Å². The Morgan fingerprint density at radius 1 is 0.936 bits per heavy atom. The van der Waals surface area contributed by atoms with Gasteiger partial charge in [0.2, 0.25) is 11.8 Å². The van der Waals surface area contributed by atoms with Gasteiger partial charge in [0.05, 0.1) is 17.7 Å². The molecule has 1 saturated carbocycles. The number of carbonyl (C=O) groups excluding carboxylic acids is 2. The van der Waals surface area contributed by atoms with Crippen molar-refractivity contribution in [3.05, 3.63) is 125 Å². The van der Waals surface area contributed by atoms with Crippen LogP contribution in [-0.4, -0.2) is 50.9 Å². The maximum Gasteiger partial charge on any atom is 0.264 e. The zero-order valence-electron chi connectivity index (χ0n) is 26.0. The summed E-state index contributed by atoms with van der Waals surface area (Å²) >= 11 is 6.33. The van der Waals surface area contributed by atoms with Crippen LogP contribution in [-0.2, 0) is 32.6 Å². The fourth-order valence-electron chi connectivity index (χ4n) is 5.82. The minimum Gasteiger partial charge on any atom is -0.495 e. The van der Waals surface area contributed by atoms with Gasteiger partial charge in [0.1, 0.15) is 24.2 Å². The van der Waals surface area contributed by atoms with E-state index >= 15 is 4.39 Å². The predicted octanol–water partition coefficient (Wildman–Crippen LogP) is 6.38. The van der Waals surface area contributed by atoms with Crippen LogP contribution in [0.1, 0.15) is 36.8 Å². The number of benzene rings is 4. The van der Waals surface area contributed by atoms with E-state index in [1.54, 1.807) is 42.5 Å². The molecule has 0 unspecified atom stereocenters. The Morgan fingerprint density at radius 2 is 1.57 bits per heavy atom. The van der Waals surface area contributed by atoms with Gasteiger partial charge < -0.3 is 15.0 Å². The highest BCUT2D eigenvalue weighted by molar-refractivity contribution is 7.92. The van der Waals surface area contributed by atoms with Gasteiger partial charge in [-0.05, 0) is 54.8 Å². The molecule has 1 N–H and O–H groups in total. The molecular weight excluding hydrogens is 641 g/mol. The first-order valence-corrected chi connectivity index (χ1v) is 17.3. The summed E-state index contributed by atoms with van der Waals surface area (Å²) < 4.78 is 50.0. The van der Waals surface area contributed by atoms with Crippen molar-refractivity contribution < 1.29 is 27.1 Å². The lowest BCUT2D eigenvalue weighted by molar-refractivity contribution is -0.140. The van der Waals surface area contributed by atoms with E-state index in [1.165, 1.54) is 42.3 Å². The molecule has 1 atom stereocenters. The molecule has 4 aromatic rings. The molecule has 0 heterocycles. The second kappa shape index (κ2) is 15.5. The van der Waals surface area contributed by atoms with Gasteiger partial charge in [0.25, 0.3) is 10.0 Å². The zero-order chi connectivity index (χ0) is 33.4. The highest BCUT2D eigenvalue weighted by atomic mass is 35.5. The smallest absolute Gasteiger partial charge is 0.264 e. The predicted molar refractivity (Wildman–Crippen MR) is 180 cm³/mol. The van der Waals surface area contributed by atoms with Crippen molar-refractivity contribution in [1.82, 2.24) is 10.2 Å². The molecule has 0 aliphatic heterocycles. The summed E-state index contributed by atoms with van der Waals surface area (Å²) in [6, 6.07) is 26.3. The van der Waals surface area contributed by atoms with Crippen molar-refractivity contribution in [2.75, 3.05) is 18.0 Å². The molecule has 5 rings (SSSR count). The monoisotopic (exact) mass is 677 g/mol. The fourth-order valence-corrected chi connectivity index (χ4v) is 7.43. The number of amides is 2. The molecule has 8 nitrogen and oxygen atoms in total. The Balaban J connectivity index is 1.61. The number of halogens is 2. The van der Waals surface area contributed by atoms with Gasteiger partial charge in [-0.15, -0.1) is 0 Å². The van der Waals surface area contributed by atoms with Crippen LogP contribution in [0, 0.1) is 5.82 Å². The van der Waals surface area contributed by atoms with Crippen LogP contribution < -0.4 is 14.4 Å². The Labute approximate surface area is 280 Å². The number of hydrogen-bond donors (Lipinski definition) is 1. The topological polar surface area (TPSA) is 96.0 Å². The quantitative estimate of drug-likeness (QED) is 0.177. The van der Waals surface area contributed by atoms with Crippen molar-refractivity contribution in [2.45, 2.75) is 55.6 Å². The summed E-state index contributed by atoms with van der Waals surface area (Å²) in [5.74, 6) is -1.48. The molecule has 0 saturated heterocycles. The molecular formula is C36H37ClFN3O5S. The molecule has 47 heavy (non-hydrogen) atoms. The van der Waals surface area contributed by atoms with Crippen LogP contribution in [0.4, 0.5) is 10.1 Å². The minimum absolute atomic E-state index is 0.0399. The zero-order valence-corrected chi connectivity index (χ0v) is 27.6. The summed E-state index contributed by atoms with van der Waals surface area (Å²) in [7, 11) is -2.98. The van der Waals surface area contributed by atoms with Gasteiger partial charge in [-0.1, -0.05) is 91.2 Å². The lowest BCUT2D eigenvalue weighted by Crippen LogP contribution is -2.54. The molecule has 2 amide bonds. The Hall–Kier alpha value is -4.41. The highest BCUT2D eigenvalue weighted by Gasteiger charge is 2.36. The molecule has 1 fully saturated rings. The molecule has 246 valence electrons. The summed E-state index contributed by atoms with van der Waals surface area (Å²) in [4.78, 5) is 29.9. The van der Waals surface area contributed by atoms with Gasteiger partial charge in [0.15, 0.2) is 0 Å². The van der Waals surface area contributed by atoms with E-state index in [2.05, 4.69) is 5.32 Å². The SMILES string of the molecule is COc1ccc(Cl)cc1N(CC(=O)N(Cc1ccccc1F)[C@@H](Cc1ccccc1)C(=O)NC1CCCC1)S(=O)(=O)c1ccccc1. The molecule has 1 aliphatic carbocycles. The van der Waals surface area contributed by atoms with Crippen molar-refractivity contribution in [3.8, 4) is 5.75 Å². The second-order valence-electron chi connectivity index (χ2n) is 11.4. The van der Waals surface area contributed by atoms with Crippen LogP contribution >= 0.6 is 11.6 Å². The van der Waals surface area contributed by atoms with E-state index in [-0.39, 0.29) is 51.8 Å². The molecule has 0 spiro atoms. The third-order valence-corrected chi connectivity index (χ3v) is 10.3. The number of anilines is 1. The number of carbonyl (C=O) groups is 2. The Kier molecular flexibility index (Phi) is 11.2. The number of rotatable bonds is 13. The van der Waals surface area contributed by atoms with E-state index < -0.39 is 34.3 Å². The van der Waals surface area contributed by atoms with E-state index in [0.717, 1.165) is 35.6 Å². The lowest BCUT2D eigenvalue weighted by atomic mass is 10.0. The number of hydrogen-bond acceptors (Lipinski definition) is 5. The van der Waals surface area contributed by atoms with E-state index in [1.807, 2.05) is 30.3 Å². The summed E-state index contributed by atoms with van der Waals surface area (Å²) in [5, 5.41) is 3.33. The number of nitrogens with zero attached hydrogens (tertiary/aromatic N) is 2. The lowest BCUT2D eigenvalue weighted by Gasteiger charge is -2.34. The van der Waals surface area contributed by atoms with Crippen molar-refractivity contribution in [2.24, 2.45) is 0 Å². The average Bonchev–Trinajstić information content (AvgIpc) is 3.59. The normalized spacial score (nSPS) is 13.9. The third-order valence-electron chi connectivity index (χ3n) is 8.29. The molecule has 1 aliphatic rings. The van der Waals surface area contributed by atoms with Crippen LogP contribution in [0.15, 0.2) is 108 Å². The Morgan fingerprint density at radius 3 is 2.23 bits per heavy atom. The first kappa shape index (κ1) is 33.9. The van der Waals surface area contributed by atoms with Gasteiger partial charge >= 0.3 is 0 Å². The summed E-state index contributed by atoms with van der Waals surface area (Å²) in [6.07, 6.45) is 3.75. The molecule has 0 bridgehead atoms. The van der Waals surface area contributed by atoms with Crippen molar-refractivity contribution in [3.63, 3.8) is 0 Å². The van der Waals surface area contributed by atoms with E-state index in [4.69, 9.17) is 16.3 Å². The van der Waals surface area contributed by atoms with Crippen LogP contribution in [0.5, 0.6) is 5.75 Å². The second-order valence-corrected chi connectivity index (χ2v) is 13.7. The standard InChI is InChI=1S/C36H37ClFN3O5S/c1-46-34-21-20-28(37)23-32(34)41(47(44,45)30-17-6-3-7-18-30)25-35(42)40(24-27-14-8-11-19-31(27)38)33(22-26-12-4-2-5-13-26)36(43)39-29-15-9-10-16-29/h2-8,11-14,17-21,23,29,33H,9-10,15-16,22,24-25H2,1H3,(H,39,43)/t33-/m0/s1. The molecule has 11 heteroatoms. The minimum atomic E-state index is -4.36. The summed E-state index contributed by atoms with van der Waals surface area (Å²) in [6.45, 7) is -0.989. The van der Waals surface area contributed by atoms with Gasteiger partial charge in [-0.3, -0.25) is 13.9 Å². The number of sulfonamides is 1. The summed E-state index contributed by atoms with van der Waals surface area (Å²) in [5.41, 5.74) is 1.01. The number of nitrogens with one attached hydrogen (secondary N) is 1. The molecule has 4 aromatic carbocycles. The Bertz CT molecular complexity index is 1790. The van der Waals surface area contributed by atoms with Crippen molar-refractivity contribution >= 4 is 39.1 Å². The van der Waals surface area contributed by atoms with Gasteiger partial charge in [0, 0.05) is 29.6 Å². The van der Waals surface area contributed by atoms with E-state index in [0.29, 0.717) is 0 Å². The largest absolute Gasteiger partial charge is 0.495 e. The molecule has 0 aromatic heterocycles. The average molecular weight is 678 g/mol. The maximum atomic E-state index is 15.1. The highest BCUT2D eigenvalue weighted by Crippen LogP contribution is 2.35. The van der Waals surface area contributed by atoms with Crippen LogP contribution in [0.2, 0.25) is 5.02 Å². The first-order valence-electron chi connectivity index (χ1n) is 15.5. The first-order chi connectivity index (χ1) is 22.7. The van der Waals surface area contributed by atoms with E-state index in [9.17, 15) is 18.0 Å². The maximum absolute atomic E-state index is 15.1. The fraction of sp³-hybridized carbons (Fsp3) is 0.278. The number of methoxy groups -OCH3 is 1. The van der Waals surface area contributed by atoms with Gasteiger partial charge in [-0.2, -0.15) is 0 Å². The van der Waals surface area contributed by atoms with Crippen molar-refractivity contribution in [1.29, 1.82) is 0 Å². The third kappa shape index (κ3) is 8.31. The molecule has 0 radical (unpaired) electrons.